The van der Waals surface area contributed by atoms with Crippen molar-refractivity contribution in [1.82, 2.24) is 4.90 Å². The number of carbonyl (C=O) groups is 2. The molecule has 1 aliphatic heterocycles. The Kier molecular flexibility index (Phi) is 4.13. The van der Waals surface area contributed by atoms with Crippen molar-refractivity contribution in [3.63, 3.8) is 0 Å². The lowest BCUT2D eigenvalue weighted by atomic mass is 10.1. The van der Waals surface area contributed by atoms with Crippen molar-refractivity contribution in [2.24, 2.45) is 11.5 Å². The molecule has 5 N–H and O–H groups in total. The Balaban J connectivity index is 1.97. The number of carbonyl (C=O) groups excluding carboxylic acids is 2. The number of nitrogens with two attached hydrogens (primary N) is 2. The average molecular weight is 262 g/mol. The van der Waals surface area contributed by atoms with Crippen LogP contribution >= 0.6 is 0 Å². The van der Waals surface area contributed by atoms with E-state index in [2.05, 4.69) is 5.32 Å². The molecule has 1 atom stereocenters. The van der Waals surface area contributed by atoms with Crippen molar-refractivity contribution < 1.29 is 9.59 Å². The molecule has 0 spiro atoms. The van der Waals surface area contributed by atoms with E-state index in [0.29, 0.717) is 11.3 Å². The summed E-state index contributed by atoms with van der Waals surface area (Å²) >= 11 is 0. The van der Waals surface area contributed by atoms with Crippen LogP contribution in [0.5, 0.6) is 0 Å². The first-order valence-electron chi connectivity index (χ1n) is 6.23. The highest BCUT2D eigenvalue weighted by atomic mass is 16.2. The van der Waals surface area contributed by atoms with E-state index in [0.717, 1.165) is 19.5 Å². The molecule has 0 saturated carbocycles. The summed E-state index contributed by atoms with van der Waals surface area (Å²) in [6.07, 6.45) is 0.908. The summed E-state index contributed by atoms with van der Waals surface area (Å²) in [6.45, 7) is 1.83. The molecule has 19 heavy (non-hydrogen) atoms. The summed E-state index contributed by atoms with van der Waals surface area (Å²) in [7, 11) is 0. The molecule has 1 fully saturated rings. The third kappa shape index (κ3) is 3.52. The molecule has 0 aliphatic carbocycles. The minimum atomic E-state index is -0.556. The van der Waals surface area contributed by atoms with Crippen molar-refractivity contribution >= 4 is 17.5 Å². The van der Waals surface area contributed by atoms with E-state index >= 15 is 0 Å². The van der Waals surface area contributed by atoms with E-state index < -0.39 is 5.91 Å². The zero-order chi connectivity index (χ0) is 13.8. The predicted molar refractivity (Wildman–Crippen MR) is 72.6 cm³/mol. The summed E-state index contributed by atoms with van der Waals surface area (Å²) in [6, 6.07) is 6.84. The number of nitrogens with one attached hydrogen (secondary N) is 1. The van der Waals surface area contributed by atoms with Gasteiger partial charge in [0.15, 0.2) is 0 Å². The number of amides is 2. The Bertz CT molecular complexity index is 489. The highest BCUT2D eigenvalue weighted by Gasteiger charge is 2.21. The lowest BCUT2D eigenvalue weighted by molar-refractivity contribution is -0.117. The van der Waals surface area contributed by atoms with Gasteiger partial charge in [-0.3, -0.25) is 14.5 Å². The maximum atomic E-state index is 11.9. The SMILES string of the molecule is NC(=O)c1ccccc1NC(=O)CN1CC[C@H](N)C1. The fraction of sp³-hybridized carbons (Fsp3) is 0.385. The van der Waals surface area contributed by atoms with Crippen molar-refractivity contribution in [2.45, 2.75) is 12.5 Å². The Hall–Kier alpha value is -1.92. The fourth-order valence-corrected chi connectivity index (χ4v) is 2.21. The van der Waals surface area contributed by atoms with Crippen LogP contribution in [0, 0.1) is 0 Å². The molecule has 0 aromatic heterocycles. The highest BCUT2D eigenvalue weighted by Crippen LogP contribution is 2.14. The second kappa shape index (κ2) is 5.81. The van der Waals surface area contributed by atoms with E-state index in [-0.39, 0.29) is 18.5 Å². The van der Waals surface area contributed by atoms with Crippen molar-refractivity contribution in [3.8, 4) is 0 Å². The standard InChI is InChI=1S/C13H18N4O2/c14-9-5-6-17(7-9)8-12(18)16-11-4-2-1-3-10(11)13(15)19/h1-4,9H,5-8,14H2,(H2,15,19)(H,16,18)/t9-/m0/s1. The number of hydrogen-bond acceptors (Lipinski definition) is 4. The molecule has 1 aliphatic rings. The van der Waals surface area contributed by atoms with E-state index in [1.165, 1.54) is 0 Å². The van der Waals surface area contributed by atoms with E-state index in [1.807, 2.05) is 4.90 Å². The molecule has 6 heteroatoms. The highest BCUT2D eigenvalue weighted by molar-refractivity contribution is 6.03. The molecule has 6 nitrogen and oxygen atoms in total. The molecule has 102 valence electrons. The first kappa shape index (κ1) is 13.5. The van der Waals surface area contributed by atoms with Crippen molar-refractivity contribution in [1.29, 1.82) is 0 Å². The van der Waals surface area contributed by atoms with Gasteiger partial charge in [0.05, 0.1) is 17.8 Å². The van der Waals surface area contributed by atoms with Gasteiger partial charge in [-0.25, -0.2) is 0 Å². The van der Waals surface area contributed by atoms with Gasteiger partial charge in [-0.05, 0) is 18.6 Å². The number of rotatable bonds is 4. The fourth-order valence-electron chi connectivity index (χ4n) is 2.21. The van der Waals surface area contributed by atoms with Crippen LogP contribution < -0.4 is 16.8 Å². The van der Waals surface area contributed by atoms with Gasteiger partial charge in [0.2, 0.25) is 5.91 Å². The number of nitrogens with zero attached hydrogens (tertiary/aromatic N) is 1. The summed E-state index contributed by atoms with van der Waals surface area (Å²) < 4.78 is 0. The summed E-state index contributed by atoms with van der Waals surface area (Å²) in [4.78, 5) is 25.1. The van der Waals surface area contributed by atoms with Gasteiger partial charge >= 0.3 is 0 Å². The Labute approximate surface area is 111 Å². The molecule has 0 radical (unpaired) electrons. The van der Waals surface area contributed by atoms with Crippen LogP contribution in [0.2, 0.25) is 0 Å². The number of primary amides is 1. The topological polar surface area (TPSA) is 101 Å². The van der Waals surface area contributed by atoms with E-state index in [9.17, 15) is 9.59 Å². The molecule has 1 aromatic carbocycles. The number of hydrogen-bond donors (Lipinski definition) is 3. The lowest BCUT2D eigenvalue weighted by Gasteiger charge is -2.15. The normalized spacial score (nSPS) is 19.3. The Morgan fingerprint density at radius 2 is 2.11 bits per heavy atom. The molecule has 2 amide bonds. The van der Waals surface area contributed by atoms with Crippen LogP contribution in [0.1, 0.15) is 16.8 Å². The molecule has 0 bridgehead atoms. The lowest BCUT2D eigenvalue weighted by Crippen LogP contribution is -2.34. The quantitative estimate of drug-likeness (QED) is 0.696. The third-order valence-corrected chi connectivity index (χ3v) is 3.14. The number of benzene rings is 1. The van der Waals surface area contributed by atoms with Crippen LogP contribution in [-0.4, -0.2) is 42.4 Å². The third-order valence-electron chi connectivity index (χ3n) is 3.14. The minimum absolute atomic E-state index is 0.144. The molecular formula is C13H18N4O2. The molecular weight excluding hydrogens is 244 g/mol. The van der Waals surface area contributed by atoms with Crippen LogP contribution in [0.15, 0.2) is 24.3 Å². The average Bonchev–Trinajstić information content (AvgIpc) is 2.75. The number of likely N-dealkylation sites (tertiary alicyclic amines) is 1. The number of anilines is 1. The molecule has 2 rings (SSSR count). The zero-order valence-electron chi connectivity index (χ0n) is 10.6. The van der Waals surface area contributed by atoms with Gasteiger partial charge in [-0.2, -0.15) is 0 Å². The largest absolute Gasteiger partial charge is 0.366 e. The van der Waals surface area contributed by atoms with Gasteiger partial charge in [-0.15, -0.1) is 0 Å². The Morgan fingerprint density at radius 1 is 1.37 bits per heavy atom. The van der Waals surface area contributed by atoms with Gasteiger partial charge in [0.25, 0.3) is 5.91 Å². The molecule has 1 aromatic rings. The first-order chi connectivity index (χ1) is 9.06. The summed E-state index contributed by atoms with van der Waals surface area (Å²) in [5.74, 6) is -0.720. The van der Waals surface area contributed by atoms with Gasteiger partial charge < -0.3 is 16.8 Å². The van der Waals surface area contributed by atoms with Crippen LogP contribution in [0.25, 0.3) is 0 Å². The maximum Gasteiger partial charge on any atom is 0.250 e. The smallest absolute Gasteiger partial charge is 0.250 e. The van der Waals surface area contributed by atoms with Crippen LogP contribution in [0.3, 0.4) is 0 Å². The van der Waals surface area contributed by atoms with Crippen LogP contribution in [-0.2, 0) is 4.79 Å². The first-order valence-corrected chi connectivity index (χ1v) is 6.23. The van der Waals surface area contributed by atoms with E-state index in [4.69, 9.17) is 11.5 Å². The monoisotopic (exact) mass is 262 g/mol. The Morgan fingerprint density at radius 3 is 2.74 bits per heavy atom. The van der Waals surface area contributed by atoms with Crippen molar-refractivity contribution in [3.05, 3.63) is 29.8 Å². The summed E-state index contributed by atoms with van der Waals surface area (Å²) in [5.41, 5.74) is 11.8. The second-order valence-electron chi connectivity index (χ2n) is 4.74. The van der Waals surface area contributed by atoms with Gasteiger partial charge in [-0.1, -0.05) is 12.1 Å². The van der Waals surface area contributed by atoms with E-state index in [1.54, 1.807) is 24.3 Å². The second-order valence-corrected chi connectivity index (χ2v) is 4.74. The van der Waals surface area contributed by atoms with Crippen LogP contribution in [0.4, 0.5) is 5.69 Å². The zero-order valence-corrected chi connectivity index (χ0v) is 10.6. The number of para-hydroxylation sites is 1. The summed E-state index contributed by atoms with van der Waals surface area (Å²) in [5, 5.41) is 2.71. The minimum Gasteiger partial charge on any atom is -0.366 e. The molecule has 0 unspecified atom stereocenters. The molecule has 1 heterocycles. The van der Waals surface area contributed by atoms with Crippen molar-refractivity contribution in [2.75, 3.05) is 25.0 Å². The maximum absolute atomic E-state index is 11.9. The predicted octanol–water partition coefficient (Wildman–Crippen LogP) is -0.243. The molecule has 1 saturated heterocycles. The van der Waals surface area contributed by atoms with Gasteiger partial charge in [0.1, 0.15) is 0 Å². The van der Waals surface area contributed by atoms with Gasteiger partial charge in [0, 0.05) is 19.1 Å².